The average molecular weight is 271 g/mol. The molecule has 0 spiro atoms. The summed E-state index contributed by atoms with van der Waals surface area (Å²) in [6.45, 7) is 6.44. The molecule has 1 unspecified atom stereocenters. The van der Waals surface area contributed by atoms with E-state index in [2.05, 4.69) is 50.4 Å². The molecule has 0 aliphatic heterocycles. The molecule has 0 fully saturated rings. The average Bonchev–Trinajstić information content (AvgIpc) is 2.38. The lowest BCUT2D eigenvalue weighted by molar-refractivity contribution is 0.475. The lowest BCUT2D eigenvalue weighted by atomic mass is 10.0. The van der Waals surface area contributed by atoms with Crippen molar-refractivity contribution < 1.29 is 4.39 Å². The third kappa shape index (κ3) is 3.91. The summed E-state index contributed by atoms with van der Waals surface area (Å²) in [5, 5.41) is 3.58. The molecular formula is C18H22FN. The molecule has 2 rings (SSSR count). The fraction of sp³-hybridized carbons (Fsp3) is 0.333. The maximum Gasteiger partial charge on any atom is 0.123 e. The molecule has 0 saturated carbocycles. The highest BCUT2D eigenvalue weighted by molar-refractivity contribution is 5.28. The number of nitrogens with one attached hydrogen (secondary N) is 1. The summed E-state index contributed by atoms with van der Waals surface area (Å²) in [7, 11) is 0. The second-order valence-corrected chi connectivity index (χ2v) is 5.48. The molecular weight excluding hydrogens is 249 g/mol. The van der Waals surface area contributed by atoms with Crippen molar-refractivity contribution in [2.45, 2.75) is 39.3 Å². The van der Waals surface area contributed by atoms with Crippen LogP contribution in [-0.4, -0.2) is 6.04 Å². The zero-order valence-electron chi connectivity index (χ0n) is 12.4. The van der Waals surface area contributed by atoms with Gasteiger partial charge in [0, 0.05) is 12.1 Å². The van der Waals surface area contributed by atoms with Gasteiger partial charge >= 0.3 is 0 Å². The Bertz CT molecular complexity index is 565. The molecule has 0 saturated heterocycles. The maximum atomic E-state index is 13.2. The van der Waals surface area contributed by atoms with Gasteiger partial charge in [0.2, 0.25) is 0 Å². The van der Waals surface area contributed by atoms with Gasteiger partial charge in [-0.05, 0) is 56.0 Å². The number of aryl methyl sites for hydroxylation is 1. The lowest BCUT2D eigenvalue weighted by Crippen LogP contribution is -2.31. The summed E-state index contributed by atoms with van der Waals surface area (Å²) < 4.78 is 13.2. The van der Waals surface area contributed by atoms with Gasteiger partial charge in [-0.25, -0.2) is 4.39 Å². The third-order valence-electron chi connectivity index (χ3n) is 3.62. The van der Waals surface area contributed by atoms with E-state index < -0.39 is 0 Å². The van der Waals surface area contributed by atoms with Crippen LogP contribution in [-0.2, 0) is 6.42 Å². The van der Waals surface area contributed by atoms with Crippen molar-refractivity contribution in [3.8, 4) is 0 Å². The molecule has 0 bridgehead atoms. The van der Waals surface area contributed by atoms with Crippen LogP contribution >= 0.6 is 0 Å². The van der Waals surface area contributed by atoms with Crippen molar-refractivity contribution in [1.82, 2.24) is 5.32 Å². The first-order valence-electron chi connectivity index (χ1n) is 7.12. The van der Waals surface area contributed by atoms with E-state index in [1.807, 2.05) is 6.07 Å². The standard InChI is InChI=1S/C18H22FN/c1-13-7-4-5-10-18(13)15(3)20-14(2)11-16-8-6-9-17(19)12-16/h4-10,12,14-15,20H,11H2,1-3H3/t14?,15-/m1/s1. The summed E-state index contributed by atoms with van der Waals surface area (Å²) in [5.41, 5.74) is 3.64. The molecule has 1 N–H and O–H groups in total. The number of hydrogen-bond donors (Lipinski definition) is 1. The Morgan fingerprint density at radius 1 is 1.05 bits per heavy atom. The van der Waals surface area contributed by atoms with E-state index in [-0.39, 0.29) is 5.82 Å². The quantitative estimate of drug-likeness (QED) is 0.849. The van der Waals surface area contributed by atoms with E-state index in [0.717, 1.165) is 12.0 Å². The smallest absolute Gasteiger partial charge is 0.123 e. The topological polar surface area (TPSA) is 12.0 Å². The first-order valence-corrected chi connectivity index (χ1v) is 7.12. The highest BCUT2D eigenvalue weighted by atomic mass is 19.1. The highest BCUT2D eigenvalue weighted by Gasteiger charge is 2.11. The van der Waals surface area contributed by atoms with E-state index in [9.17, 15) is 4.39 Å². The van der Waals surface area contributed by atoms with Crippen LogP contribution in [0.5, 0.6) is 0 Å². The molecule has 1 nitrogen and oxygen atoms in total. The third-order valence-corrected chi connectivity index (χ3v) is 3.62. The van der Waals surface area contributed by atoms with E-state index in [0.29, 0.717) is 12.1 Å². The molecule has 0 amide bonds. The maximum absolute atomic E-state index is 13.2. The van der Waals surface area contributed by atoms with Crippen LogP contribution in [0.1, 0.15) is 36.6 Å². The largest absolute Gasteiger partial charge is 0.307 e. The molecule has 2 heteroatoms. The highest BCUT2D eigenvalue weighted by Crippen LogP contribution is 2.18. The molecule has 0 aliphatic carbocycles. The molecule has 0 aromatic heterocycles. The van der Waals surface area contributed by atoms with Gasteiger partial charge in [-0.15, -0.1) is 0 Å². The Morgan fingerprint density at radius 3 is 2.50 bits per heavy atom. The Balaban J connectivity index is 1.98. The molecule has 2 aromatic rings. The van der Waals surface area contributed by atoms with E-state index in [1.165, 1.54) is 17.2 Å². The number of hydrogen-bond acceptors (Lipinski definition) is 1. The van der Waals surface area contributed by atoms with Crippen LogP contribution < -0.4 is 5.32 Å². The molecule has 2 atom stereocenters. The Labute approximate surface area is 120 Å². The van der Waals surface area contributed by atoms with Gasteiger partial charge in [0.25, 0.3) is 0 Å². The minimum Gasteiger partial charge on any atom is -0.307 e. The van der Waals surface area contributed by atoms with Gasteiger partial charge in [0.1, 0.15) is 5.82 Å². The molecule has 0 radical (unpaired) electrons. The van der Waals surface area contributed by atoms with Crippen LogP contribution in [0.4, 0.5) is 4.39 Å². The Morgan fingerprint density at radius 2 is 1.80 bits per heavy atom. The van der Waals surface area contributed by atoms with Crippen LogP contribution in [0, 0.1) is 12.7 Å². The predicted molar refractivity (Wildman–Crippen MR) is 82.3 cm³/mol. The zero-order chi connectivity index (χ0) is 14.5. The minimum absolute atomic E-state index is 0.165. The van der Waals surface area contributed by atoms with Gasteiger partial charge in [-0.3, -0.25) is 0 Å². The van der Waals surface area contributed by atoms with E-state index in [4.69, 9.17) is 0 Å². The number of halogens is 1. The molecule has 20 heavy (non-hydrogen) atoms. The fourth-order valence-corrected chi connectivity index (χ4v) is 2.67. The Kier molecular flexibility index (Phi) is 4.91. The minimum atomic E-state index is -0.165. The van der Waals surface area contributed by atoms with Crippen LogP contribution in [0.25, 0.3) is 0 Å². The summed E-state index contributed by atoms with van der Waals surface area (Å²) in [4.78, 5) is 0. The first kappa shape index (κ1) is 14.7. The second-order valence-electron chi connectivity index (χ2n) is 5.48. The lowest BCUT2D eigenvalue weighted by Gasteiger charge is -2.22. The molecule has 106 valence electrons. The normalized spacial score (nSPS) is 14.0. The van der Waals surface area contributed by atoms with Crippen molar-refractivity contribution in [2.75, 3.05) is 0 Å². The molecule has 2 aromatic carbocycles. The van der Waals surface area contributed by atoms with Crippen molar-refractivity contribution in [1.29, 1.82) is 0 Å². The summed E-state index contributed by atoms with van der Waals surface area (Å²) in [5.74, 6) is -0.165. The van der Waals surface area contributed by atoms with Crippen molar-refractivity contribution in [3.63, 3.8) is 0 Å². The van der Waals surface area contributed by atoms with Crippen LogP contribution in [0.2, 0.25) is 0 Å². The SMILES string of the molecule is Cc1ccccc1[C@@H](C)NC(C)Cc1cccc(F)c1. The molecule has 0 heterocycles. The number of benzene rings is 2. The van der Waals surface area contributed by atoms with Crippen molar-refractivity contribution in [2.24, 2.45) is 0 Å². The second kappa shape index (κ2) is 6.67. The van der Waals surface area contributed by atoms with Crippen LogP contribution in [0.15, 0.2) is 48.5 Å². The summed E-state index contributed by atoms with van der Waals surface area (Å²) in [6.07, 6.45) is 0.827. The molecule has 0 aliphatic rings. The van der Waals surface area contributed by atoms with Crippen molar-refractivity contribution >= 4 is 0 Å². The summed E-state index contributed by atoms with van der Waals surface area (Å²) in [6, 6.07) is 15.8. The van der Waals surface area contributed by atoms with Gasteiger partial charge in [0.15, 0.2) is 0 Å². The van der Waals surface area contributed by atoms with Crippen LogP contribution in [0.3, 0.4) is 0 Å². The monoisotopic (exact) mass is 271 g/mol. The number of rotatable bonds is 5. The van der Waals surface area contributed by atoms with Gasteiger partial charge in [-0.2, -0.15) is 0 Å². The first-order chi connectivity index (χ1) is 9.56. The zero-order valence-corrected chi connectivity index (χ0v) is 12.4. The van der Waals surface area contributed by atoms with Gasteiger partial charge in [-0.1, -0.05) is 36.4 Å². The Hall–Kier alpha value is -1.67. The predicted octanol–water partition coefficient (Wildman–Crippen LogP) is 4.42. The fourth-order valence-electron chi connectivity index (χ4n) is 2.67. The summed E-state index contributed by atoms with van der Waals surface area (Å²) >= 11 is 0. The van der Waals surface area contributed by atoms with Gasteiger partial charge < -0.3 is 5.32 Å². The van der Waals surface area contributed by atoms with Gasteiger partial charge in [0.05, 0.1) is 0 Å². The van der Waals surface area contributed by atoms with E-state index in [1.54, 1.807) is 12.1 Å². The van der Waals surface area contributed by atoms with Crippen molar-refractivity contribution in [3.05, 3.63) is 71.0 Å². The van der Waals surface area contributed by atoms with E-state index >= 15 is 0 Å².